The number of rotatable bonds is 3. The van der Waals surface area contributed by atoms with Gasteiger partial charge in [0.1, 0.15) is 23.4 Å². The summed E-state index contributed by atoms with van der Waals surface area (Å²) in [7, 11) is 0. The molecule has 2 atom stereocenters. The molecule has 0 amide bonds. The molecule has 0 radical (unpaired) electrons. The average molecular weight is 358 g/mol. The first-order valence-electron chi connectivity index (χ1n) is 8.34. The van der Waals surface area contributed by atoms with Crippen LogP contribution in [0.15, 0.2) is 35.9 Å². The molecule has 0 aliphatic carbocycles. The van der Waals surface area contributed by atoms with Gasteiger partial charge in [-0.3, -0.25) is 0 Å². The van der Waals surface area contributed by atoms with Crippen molar-refractivity contribution in [2.24, 2.45) is 0 Å². The summed E-state index contributed by atoms with van der Waals surface area (Å²) in [4.78, 5) is 0. The summed E-state index contributed by atoms with van der Waals surface area (Å²) in [5.41, 5.74) is 2.37. The summed E-state index contributed by atoms with van der Waals surface area (Å²) >= 11 is 0. The molecule has 1 aliphatic heterocycles. The molecule has 0 aromatic heterocycles. The Morgan fingerprint density at radius 2 is 1.81 bits per heavy atom. The number of benzene rings is 2. The van der Waals surface area contributed by atoms with Gasteiger partial charge in [-0.25, -0.2) is 0 Å². The normalized spacial score (nSPS) is 18.7. The van der Waals surface area contributed by atoms with Gasteiger partial charge < -0.3 is 30.3 Å². The molecular formula is C20H22O6. The topological polar surface area (TPSA) is 110 Å². The van der Waals surface area contributed by atoms with E-state index >= 15 is 0 Å². The fourth-order valence-corrected chi connectivity index (χ4v) is 3.07. The van der Waals surface area contributed by atoms with E-state index < -0.39 is 12.2 Å². The lowest BCUT2D eigenvalue weighted by Crippen LogP contribution is -2.30. The Hall–Kier alpha value is -2.86. The molecule has 0 spiro atoms. The molecule has 0 saturated heterocycles. The van der Waals surface area contributed by atoms with Crippen molar-refractivity contribution in [1.29, 1.82) is 0 Å². The predicted molar refractivity (Wildman–Crippen MR) is 95.8 cm³/mol. The highest BCUT2D eigenvalue weighted by Crippen LogP contribution is 2.45. The van der Waals surface area contributed by atoms with Gasteiger partial charge in [0.15, 0.2) is 11.5 Å². The number of hydrogen-bond donors (Lipinski definition) is 5. The van der Waals surface area contributed by atoms with Crippen LogP contribution in [0.3, 0.4) is 0 Å². The van der Waals surface area contributed by atoms with Crippen LogP contribution in [-0.4, -0.2) is 31.6 Å². The van der Waals surface area contributed by atoms with Crippen molar-refractivity contribution >= 4 is 0 Å². The SMILES string of the molecule is CC(C)=CCc1c(O)cc2c(c1O)C[C@H](O)[C@@H](c1ccc(O)c(O)c1)O2. The van der Waals surface area contributed by atoms with Crippen LogP contribution >= 0.6 is 0 Å². The van der Waals surface area contributed by atoms with Crippen LogP contribution in [-0.2, 0) is 12.8 Å². The minimum absolute atomic E-state index is 0.0800. The summed E-state index contributed by atoms with van der Waals surface area (Å²) in [5, 5.41) is 50.4. The average Bonchev–Trinajstić information content (AvgIpc) is 2.57. The van der Waals surface area contributed by atoms with E-state index in [-0.39, 0.29) is 35.2 Å². The molecule has 0 saturated carbocycles. The van der Waals surface area contributed by atoms with Crippen LogP contribution in [0.5, 0.6) is 28.7 Å². The number of ether oxygens (including phenoxy) is 1. The number of fused-ring (bicyclic) bond motifs is 1. The fraction of sp³-hybridized carbons (Fsp3) is 0.300. The first kappa shape index (κ1) is 17.9. The van der Waals surface area contributed by atoms with Crippen molar-refractivity contribution in [1.82, 2.24) is 0 Å². The standard InChI is InChI=1S/C20H22O6/c1-10(2)3-5-12-15(22)9-18-13(19(12)25)8-17(24)20(26-18)11-4-6-14(21)16(23)7-11/h3-4,6-7,9,17,20-25H,5,8H2,1-2H3/t17-,20+/m0/s1. The molecule has 1 aliphatic rings. The van der Waals surface area contributed by atoms with Crippen LogP contribution in [0.4, 0.5) is 0 Å². The second kappa shape index (κ2) is 6.80. The van der Waals surface area contributed by atoms with E-state index in [4.69, 9.17) is 4.74 Å². The monoisotopic (exact) mass is 358 g/mol. The lowest BCUT2D eigenvalue weighted by Gasteiger charge is -2.32. The molecule has 3 rings (SSSR count). The van der Waals surface area contributed by atoms with Gasteiger partial charge in [0.25, 0.3) is 0 Å². The fourth-order valence-electron chi connectivity index (χ4n) is 3.07. The first-order chi connectivity index (χ1) is 12.3. The largest absolute Gasteiger partial charge is 0.507 e. The van der Waals surface area contributed by atoms with E-state index in [0.29, 0.717) is 23.1 Å². The second-order valence-electron chi connectivity index (χ2n) is 6.74. The van der Waals surface area contributed by atoms with Crippen LogP contribution in [0, 0.1) is 0 Å². The van der Waals surface area contributed by atoms with Crippen LogP contribution < -0.4 is 4.74 Å². The number of phenols is 4. The van der Waals surface area contributed by atoms with Crippen molar-refractivity contribution in [3.8, 4) is 28.7 Å². The van der Waals surface area contributed by atoms with Crippen LogP contribution in [0.1, 0.15) is 36.6 Å². The smallest absolute Gasteiger partial charge is 0.157 e. The maximum atomic E-state index is 10.5. The van der Waals surface area contributed by atoms with E-state index in [0.717, 1.165) is 5.57 Å². The van der Waals surface area contributed by atoms with Crippen LogP contribution in [0.25, 0.3) is 0 Å². The van der Waals surface area contributed by atoms with Gasteiger partial charge in [0, 0.05) is 23.6 Å². The lowest BCUT2D eigenvalue weighted by molar-refractivity contribution is 0.0196. The number of aromatic hydroxyl groups is 4. The van der Waals surface area contributed by atoms with E-state index in [1.807, 2.05) is 19.9 Å². The third kappa shape index (κ3) is 3.28. The van der Waals surface area contributed by atoms with Gasteiger partial charge in [0.2, 0.25) is 0 Å². The molecule has 1 heterocycles. The predicted octanol–water partition coefficient (Wildman–Crippen LogP) is 3.05. The van der Waals surface area contributed by atoms with Gasteiger partial charge >= 0.3 is 0 Å². The van der Waals surface area contributed by atoms with E-state index in [9.17, 15) is 25.5 Å². The van der Waals surface area contributed by atoms with Crippen molar-refractivity contribution < 1.29 is 30.3 Å². The third-order valence-electron chi connectivity index (χ3n) is 4.51. The summed E-state index contributed by atoms with van der Waals surface area (Å²) in [6.45, 7) is 3.86. The number of phenolic OH excluding ortho intramolecular Hbond substituents is 4. The summed E-state index contributed by atoms with van der Waals surface area (Å²) in [6.07, 6.45) is 0.645. The van der Waals surface area contributed by atoms with Crippen molar-refractivity contribution in [3.63, 3.8) is 0 Å². The Bertz CT molecular complexity index is 867. The highest BCUT2D eigenvalue weighted by atomic mass is 16.5. The number of aliphatic hydroxyl groups excluding tert-OH is 1. The zero-order valence-corrected chi connectivity index (χ0v) is 14.6. The Morgan fingerprint density at radius 3 is 2.46 bits per heavy atom. The Labute approximate surface area is 151 Å². The number of hydrogen-bond acceptors (Lipinski definition) is 6. The minimum Gasteiger partial charge on any atom is -0.507 e. The number of allylic oxidation sites excluding steroid dienone is 2. The molecule has 6 heteroatoms. The van der Waals surface area contributed by atoms with Gasteiger partial charge in [0.05, 0.1) is 6.10 Å². The van der Waals surface area contributed by atoms with Crippen molar-refractivity contribution in [2.75, 3.05) is 0 Å². The Kier molecular flexibility index (Phi) is 4.70. The van der Waals surface area contributed by atoms with Crippen LogP contribution in [0.2, 0.25) is 0 Å². The lowest BCUT2D eigenvalue weighted by atomic mass is 9.91. The summed E-state index contributed by atoms with van der Waals surface area (Å²) in [6, 6.07) is 5.60. The van der Waals surface area contributed by atoms with Crippen molar-refractivity contribution in [3.05, 3.63) is 52.6 Å². The zero-order chi connectivity index (χ0) is 19.0. The maximum Gasteiger partial charge on any atom is 0.157 e. The molecular weight excluding hydrogens is 336 g/mol. The second-order valence-corrected chi connectivity index (χ2v) is 6.74. The van der Waals surface area contributed by atoms with E-state index in [1.54, 1.807) is 0 Å². The minimum atomic E-state index is -0.960. The highest BCUT2D eigenvalue weighted by Gasteiger charge is 2.33. The zero-order valence-electron chi connectivity index (χ0n) is 14.6. The molecule has 2 aromatic rings. The van der Waals surface area contributed by atoms with Gasteiger partial charge in [-0.1, -0.05) is 17.7 Å². The van der Waals surface area contributed by atoms with E-state index in [1.165, 1.54) is 24.3 Å². The third-order valence-corrected chi connectivity index (χ3v) is 4.51. The van der Waals surface area contributed by atoms with Crippen molar-refractivity contribution in [2.45, 2.75) is 38.9 Å². The Balaban J connectivity index is 1.97. The molecule has 0 unspecified atom stereocenters. The summed E-state index contributed by atoms with van der Waals surface area (Å²) in [5.74, 6) is -0.458. The highest BCUT2D eigenvalue weighted by molar-refractivity contribution is 5.58. The molecule has 6 nitrogen and oxygen atoms in total. The molecule has 138 valence electrons. The number of aliphatic hydroxyl groups is 1. The Morgan fingerprint density at radius 1 is 1.08 bits per heavy atom. The molecule has 0 bridgehead atoms. The maximum absolute atomic E-state index is 10.5. The first-order valence-corrected chi connectivity index (χ1v) is 8.34. The van der Waals surface area contributed by atoms with Gasteiger partial charge in [-0.2, -0.15) is 0 Å². The quantitative estimate of drug-likeness (QED) is 0.426. The summed E-state index contributed by atoms with van der Waals surface area (Å²) < 4.78 is 5.79. The molecule has 0 fully saturated rings. The molecule has 26 heavy (non-hydrogen) atoms. The molecule has 2 aromatic carbocycles. The van der Waals surface area contributed by atoms with Gasteiger partial charge in [-0.05, 0) is 38.0 Å². The van der Waals surface area contributed by atoms with Gasteiger partial charge in [-0.15, -0.1) is 0 Å². The molecule has 5 N–H and O–H groups in total. The van der Waals surface area contributed by atoms with E-state index in [2.05, 4.69) is 0 Å².